The van der Waals surface area contributed by atoms with Gasteiger partial charge in [-0.1, -0.05) is 26.3 Å². The van der Waals surface area contributed by atoms with E-state index in [-0.39, 0.29) is 5.78 Å². The molecule has 0 aromatic carbocycles. The van der Waals surface area contributed by atoms with Crippen molar-refractivity contribution in [3.05, 3.63) is 12.2 Å². The molecule has 0 heterocycles. The SMILES string of the molecule is CCC(C)CC=CC(C)=O. The fraction of sp³-hybridized carbons (Fsp3) is 0.667. The molecule has 0 bridgehead atoms. The quantitative estimate of drug-likeness (QED) is 0.548. The molecule has 0 aliphatic carbocycles. The van der Waals surface area contributed by atoms with E-state index in [1.807, 2.05) is 6.08 Å². The average Bonchev–Trinajstić information content (AvgIpc) is 1.87. The Morgan fingerprint density at radius 1 is 1.60 bits per heavy atom. The van der Waals surface area contributed by atoms with E-state index in [1.54, 1.807) is 13.0 Å². The summed E-state index contributed by atoms with van der Waals surface area (Å²) in [6.07, 6.45) is 5.81. The molecule has 0 saturated heterocycles. The summed E-state index contributed by atoms with van der Waals surface area (Å²) in [5, 5.41) is 0. The Morgan fingerprint density at radius 2 is 2.20 bits per heavy atom. The first-order chi connectivity index (χ1) is 4.66. The van der Waals surface area contributed by atoms with Gasteiger partial charge in [-0.15, -0.1) is 0 Å². The molecule has 0 N–H and O–H groups in total. The summed E-state index contributed by atoms with van der Waals surface area (Å²) in [5.74, 6) is 0.846. The zero-order valence-corrected chi connectivity index (χ0v) is 7.05. The molecule has 0 saturated carbocycles. The van der Waals surface area contributed by atoms with Crippen molar-refractivity contribution in [1.82, 2.24) is 0 Å². The van der Waals surface area contributed by atoms with Crippen LogP contribution in [0.1, 0.15) is 33.6 Å². The van der Waals surface area contributed by atoms with Crippen LogP contribution in [0.25, 0.3) is 0 Å². The van der Waals surface area contributed by atoms with E-state index in [1.165, 1.54) is 6.42 Å². The largest absolute Gasteiger partial charge is 0.295 e. The van der Waals surface area contributed by atoms with Crippen LogP contribution in [0.15, 0.2) is 12.2 Å². The predicted molar refractivity (Wildman–Crippen MR) is 43.9 cm³/mol. The van der Waals surface area contributed by atoms with Gasteiger partial charge in [0.15, 0.2) is 5.78 Å². The van der Waals surface area contributed by atoms with Crippen LogP contribution < -0.4 is 0 Å². The minimum Gasteiger partial charge on any atom is -0.295 e. The summed E-state index contributed by atoms with van der Waals surface area (Å²) < 4.78 is 0. The zero-order chi connectivity index (χ0) is 7.98. The van der Waals surface area contributed by atoms with Gasteiger partial charge in [0.1, 0.15) is 0 Å². The lowest BCUT2D eigenvalue weighted by molar-refractivity contribution is -0.112. The summed E-state index contributed by atoms with van der Waals surface area (Å²) in [6.45, 7) is 5.92. The first kappa shape index (κ1) is 9.41. The van der Waals surface area contributed by atoms with Crippen LogP contribution in [0, 0.1) is 5.92 Å². The van der Waals surface area contributed by atoms with Crippen LogP contribution in [0.4, 0.5) is 0 Å². The van der Waals surface area contributed by atoms with E-state index < -0.39 is 0 Å². The van der Waals surface area contributed by atoms with E-state index in [4.69, 9.17) is 0 Å². The van der Waals surface area contributed by atoms with Crippen LogP contribution in [0.5, 0.6) is 0 Å². The van der Waals surface area contributed by atoms with Gasteiger partial charge in [-0.05, 0) is 25.3 Å². The lowest BCUT2D eigenvalue weighted by Crippen LogP contribution is -1.89. The lowest BCUT2D eigenvalue weighted by Gasteiger charge is -2.01. The number of ketones is 1. The summed E-state index contributed by atoms with van der Waals surface area (Å²) in [7, 11) is 0. The van der Waals surface area contributed by atoms with Crippen molar-refractivity contribution in [3.8, 4) is 0 Å². The van der Waals surface area contributed by atoms with Gasteiger partial charge in [0, 0.05) is 0 Å². The first-order valence-electron chi connectivity index (χ1n) is 3.84. The van der Waals surface area contributed by atoms with Crippen molar-refractivity contribution in [2.24, 2.45) is 5.92 Å². The Hall–Kier alpha value is -0.590. The fourth-order valence-corrected chi connectivity index (χ4v) is 0.633. The molecule has 0 amide bonds. The van der Waals surface area contributed by atoms with Crippen LogP contribution in [0.2, 0.25) is 0 Å². The molecule has 10 heavy (non-hydrogen) atoms. The number of allylic oxidation sites excluding steroid dienone is 2. The summed E-state index contributed by atoms with van der Waals surface area (Å²) in [4.78, 5) is 10.4. The normalized spacial score (nSPS) is 13.9. The molecule has 0 spiro atoms. The van der Waals surface area contributed by atoms with E-state index >= 15 is 0 Å². The number of hydrogen-bond donors (Lipinski definition) is 0. The van der Waals surface area contributed by atoms with E-state index in [0.717, 1.165) is 6.42 Å². The smallest absolute Gasteiger partial charge is 0.152 e. The Kier molecular flexibility index (Phi) is 4.91. The summed E-state index contributed by atoms with van der Waals surface area (Å²) in [6, 6.07) is 0. The second-order valence-corrected chi connectivity index (χ2v) is 2.76. The highest BCUT2D eigenvalue weighted by Gasteiger charge is 1.93. The van der Waals surface area contributed by atoms with E-state index in [0.29, 0.717) is 5.92 Å². The third kappa shape index (κ3) is 5.54. The lowest BCUT2D eigenvalue weighted by atomic mass is 10.1. The molecule has 0 aromatic rings. The second kappa shape index (κ2) is 5.21. The maximum absolute atomic E-state index is 10.4. The first-order valence-corrected chi connectivity index (χ1v) is 3.84. The minimum absolute atomic E-state index is 0.142. The van der Waals surface area contributed by atoms with Crippen molar-refractivity contribution < 1.29 is 4.79 Å². The molecular weight excluding hydrogens is 124 g/mol. The van der Waals surface area contributed by atoms with Gasteiger partial charge >= 0.3 is 0 Å². The molecule has 0 rings (SSSR count). The van der Waals surface area contributed by atoms with Crippen LogP contribution in [0.3, 0.4) is 0 Å². The number of carbonyl (C=O) groups excluding carboxylic acids is 1. The Bertz CT molecular complexity index is 125. The Morgan fingerprint density at radius 3 is 2.60 bits per heavy atom. The zero-order valence-electron chi connectivity index (χ0n) is 7.05. The molecule has 1 heteroatoms. The molecule has 0 aliphatic rings. The van der Waals surface area contributed by atoms with Crippen LogP contribution in [-0.2, 0) is 4.79 Å². The highest BCUT2D eigenvalue weighted by Crippen LogP contribution is 2.06. The van der Waals surface area contributed by atoms with Crippen molar-refractivity contribution >= 4 is 5.78 Å². The van der Waals surface area contributed by atoms with Gasteiger partial charge in [-0.3, -0.25) is 4.79 Å². The highest BCUT2D eigenvalue weighted by atomic mass is 16.1. The number of rotatable bonds is 4. The fourth-order valence-electron chi connectivity index (χ4n) is 0.633. The van der Waals surface area contributed by atoms with Crippen molar-refractivity contribution in [3.63, 3.8) is 0 Å². The maximum Gasteiger partial charge on any atom is 0.152 e. The molecule has 0 radical (unpaired) electrons. The van der Waals surface area contributed by atoms with Crippen molar-refractivity contribution in [2.45, 2.75) is 33.6 Å². The van der Waals surface area contributed by atoms with Gasteiger partial charge in [-0.25, -0.2) is 0 Å². The van der Waals surface area contributed by atoms with Crippen molar-refractivity contribution in [1.29, 1.82) is 0 Å². The van der Waals surface area contributed by atoms with Crippen LogP contribution >= 0.6 is 0 Å². The number of hydrogen-bond acceptors (Lipinski definition) is 1. The summed E-state index contributed by atoms with van der Waals surface area (Å²) in [5.41, 5.74) is 0. The molecule has 1 nitrogen and oxygen atoms in total. The Labute approximate surface area is 63.1 Å². The number of carbonyl (C=O) groups is 1. The van der Waals surface area contributed by atoms with E-state index in [9.17, 15) is 4.79 Å². The minimum atomic E-state index is 0.142. The van der Waals surface area contributed by atoms with E-state index in [2.05, 4.69) is 13.8 Å². The molecule has 0 aliphatic heterocycles. The molecule has 1 atom stereocenters. The molecule has 0 fully saturated rings. The van der Waals surface area contributed by atoms with Crippen molar-refractivity contribution in [2.75, 3.05) is 0 Å². The predicted octanol–water partition coefficient (Wildman–Crippen LogP) is 2.57. The standard InChI is InChI=1S/C9H16O/c1-4-8(2)6-5-7-9(3)10/h5,7-8H,4,6H2,1-3H3. The summed E-state index contributed by atoms with van der Waals surface area (Å²) >= 11 is 0. The van der Waals surface area contributed by atoms with Gasteiger partial charge in [0.2, 0.25) is 0 Å². The topological polar surface area (TPSA) is 17.1 Å². The van der Waals surface area contributed by atoms with Gasteiger partial charge in [-0.2, -0.15) is 0 Å². The molecular formula is C9H16O. The third-order valence-electron chi connectivity index (χ3n) is 1.59. The monoisotopic (exact) mass is 140 g/mol. The molecule has 1 unspecified atom stereocenters. The third-order valence-corrected chi connectivity index (χ3v) is 1.59. The Balaban J connectivity index is 3.43. The molecule has 0 aromatic heterocycles. The van der Waals surface area contributed by atoms with Gasteiger partial charge < -0.3 is 0 Å². The highest BCUT2D eigenvalue weighted by molar-refractivity contribution is 5.87. The maximum atomic E-state index is 10.4. The van der Waals surface area contributed by atoms with Gasteiger partial charge in [0.05, 0.1) is 0 Å². The second-order valence-electron chi connectivity index (χ2n) is 2.76. The van der Waals surface area contributed by atoms with Gasteiger partial charge in [0.25, 0.3) is 0 Å². The van der Waals surface area contributed by atoms with Crippen LogP contribution in [-0.4, -0.2) is 5.78 Å². The average molecular weight is 140 g/mol. The molecule has 58 valence electrons.